The Hall–Kier alpha value is -1.82. The Morgan fingerprint density at radius 1 is 1.42 bits per heavy atom. The summed E-state index contributed by atoms with van der Waals surface area (Å²) in [5.74, 6) is -3.04. The van der Waals surface area contributed by atoms with Crippen LogP contribution in [0.4, 0.5) is 10.1 Å². The molecular formula is C12H13ClFNO4. The number of carbonyl (C=O) groups is 2. The molecule has 1 amide bonds. The molecule has 1 aromatic carbocycles. The molecule has 0 fully saturated rings. The molecule has 0 bridgehead atoms. The summed E-state index contributed by atoms with van der Waals surface area (Å²) in [5, 5.41) is 20.0. The van der Waals surface area contributed by atoms with Gasteiger partial charge in [-0.1, -0.05) is 18.5 Å². The van der Waals surface area contributed by atoms with Crippen molar-refractivity contribution in [2.75, 3.05) is 5.32 Å². The maximum atomic E-state index is 13.4. The maximum absolute atomic E-state index is 13.4. The predicted molar refractivity (Wildman–Crippen MR) is 67.7 cm³/mol. The molecule has 0 aliphatic carbocycles. The lowest BCUT2D eigenvalue weighted by atomic mass is 10.0. The Morgan fingerprint density at radius 3 is 2.63 bits per heavy atom. The second kappa shape index (κ2) is 6.38. The lowest BCUT2D eigenvalue weighted by molar-refractivity contribution is -0.138. The zero-order valence-corrected chi connectivity index (χ0v) is 10.9. The molecule has 0 aliphatic rings. The van der Waals surface area contributed by atoms with Crippen LogP contribution in [0.25, 0.3) is 0 Å². The number of anilines is 1. The highest BCUT2D eigenvalue weighted by Crippen LogP contribution is 2.29. The number of benzene rings is 1. The number of carboxylic acid groups (broad SMARTS) is 1. The maximum Gasteiger partial charge on any atom is 0.303 e. The SMILES string of the molecule is CC(CC(=O)O)CC(=O)Nc1cc(O)c(Cl)cc1F. The molecule has 0 saturated heterocycles. The molecular weight excluding hydrogens is 277 g/mol. The van der Waals surface area contributed by atoms with Crippen LogP contribution in [0.2, 0.25) is 5.02 Å². The number of rotatable bonds is 5. The number of aliphatic carboxylic acids is 1. The van der Waals surface area contributed by atoms with E-state index in [2.05, 4.69) is 5.32 Å². The van der Waals surface area contributed by atoms with Crippen LogP contribution >= 0.6 is 11.6 Å². The number of hydrogen-bond donors (Lipinski definition) is 3. The van der Waals surface area contributed by atoms with Crippen LogP contribution in [0.15, 0.2) is 12.1 Å². The summed E-state index contributed by atoms with van der Waals surface area (Å²) in [6.45, 7) is 1.60. The number of hydrogen-bond acceptors (Lipinski definition) is 3. The van der Waals surface area contributed by atoms with Gasteiger partial charge >= 0.3 is 5.97 Å². The van der Waals surface area contributed by atoms with E-state index >= 15 is 0 Å². The van der Waals surface area contributed by atoms with Gasteiger partial charge in [0.25, 0.3) is 0 Å². The molecule has 1 aromatic rings. The number of aromatic hydroxyl groups is 1. The lowest BCUT2D eigenvalue weighted by Crippen LogP contribution is -2.17. The fourth-order valence-corrected chi connectivity index (χ4v) is 1.67. The first-order valence-electron chi connectivity index (χ1n) is 5.49. The molecule has 0 saturated carbocycles. The van der Waals surface area contributed by atoms with Crippen molar-refractivity contribution in [2.24, 2.45) is 5.92 Å². The Bertz CT molecular complexity index is 507. The van der Waals surface area contributed by atoms with E-state index in [1.807, 2.05) is 0 Å². The van der Waals surface area contributed by atoms with Gasteiger partial charge in [-0.3, -0.25) is 9.59 Å². The summed E-state index contributed by atoms with van der Waals surface area (Å²) < 4.78 is 13.4. The van der Waals surface area contributed by atoms with Gasteiger partial charge < -0.3 is 15.5 Å². The Labute approximate surface area is 114 Å². The van der Waals surface area contributed by atoms with Crippen molar-refractivity contribution in [2.45, 2.75) is 19.8 Å². The third-order valence-electron chi connectivity index (χ3n) is 2.37. The molecule has 1 unspecified atom stereocenters. The van der Waals surface area contributed by atoms with Crippen LogP contribution in [-0.2, 0) is 9.59 Å². The average Bonchev–Trinajstić information content (AvgIpc) is 2.24. The summed E-state index contributed by atoms with van der Waals surface area (Å²) in [7, 11) is 0. The minimum absolute atomic E-state index is 0.0604. The number of carboxylic acids is 1. The van der Waals surface area contributed by atoms with E-state index in [0.717, 1.165) is 12.1 Å². The van der Waals surface area contributed by atoms with Gasteiger partial charge in [-0.05, 0) is 12.0 Å². The zero-order valence-electron chi connectivity index (χ0n) is 10.1. The van der Waals surface area contributed by atoms with Gasteiger partial charge in [-0.2, -0.15) is 0 Å². The summed E-state index contributed by atoms with van der Waals surface area (Å²) >= 11 is 5.50. The van der Waals surface area contributed by atoms with Crippen molar-refractivity contribution in [1.29, 1.82) is 0 Å². The quantitative estimate of drug-likeness (QED) is 0.777. The van der Waals surface area contributed by atoms with Crippen molar-refractivity contribution >= 4 is 29.2 Å². The molecule has 0 aromatic heterocycles. The van der Waals surface area contributed by atoms with Crippen LogP contribution in [0.5, 0.6) is 5.75 Å². The van der Waals surface area contributed by atoms with Crippen molar-refractivity contribution in [1.82, 2.24) is 0 Å². The molecule has 1 atom stereocenters. The van der Waals surface area contributed by atoms with Crippen LogP contribution in [0, 0.1) is 11.7 Å². The summed E-state index contributed by atoms with van der Waals surface area (Å²) in [5.41, 5.74) is -0.200. The third kappa shape index (κ3) is 4.75. The Kier molecular flexibility index (Phi) is 5.11. The number of halogens is 2. The highest BCUT2D eigenvalue weighted by atomic mass is 35.5. The van der Waals surface area contributed by atoms with Gasteiger partial charge in [0, 0.05) is 18.9 Å². The van der Waals surface area contributed by atoms with E-state index in [1.54, 1.807) is 6.92 Å². The number of amides is 1. The largest absolute Gasteiger partial charge is 0.506 e. The van der Waals surface area contributed by atoms with Gasteiger partial charge in [0.2, 0.25) is 5.91 Å². The average molecular weight is 290 g/mol. The van der Waals surface area contributed by atoms with Crippen LogP contribution in [0.1, 0.15) is 19.8 Å². The molecule has 0 aliphatic heterocycles. The van der Waals surface area contributed by atoms with Crippen LogP contribution < -0.4 is 5.32 Å². The molecule has 1 rings (SSSR count). The van der Waals surface area contributed by atoms with E-state index in [0.29, 0.717) is 0 Å². The first-order chi connectivity index (χ1) is 8.79. The van der Waals surface area contributed by atoms with E-state index < -0.39 is 17.7 Å². The fraction of sp³-hybridized carbons (Fsp3) is 0.333. The minimum Gasteiger partial charge on any atom is -0.506 e. The first-order valence-corrected chi connectivity index (χ1v) is 5.87. The van der Waals surface area contributed by atoms with Crippen molar-refractivity contribution < 1.29 is 24.2 Å². The first kappa shape index (κ1) is 15.2. The van der Waals surface area contributed by atoms with Gasteiger partial charge in [0.15, 0.2) is 0 Å². The molecule has 0 spiro atoms. The fourth-order valence-electron chi connectivity index (χ4n) is 1.52. The molecule has 5 nitrogen and oxygen atoms in total. The number of carbonyl (C=O) groups excluding carboxylic acids is 1. The summed E-state index contributed by atoms with van der Waals surface area (Å²) in [6.07, 6.45) is -0.211. The highest BCUT2D eigenvalue weighted by molar-refractivity contribution is 6.32. The Balaban J connectivity index is 2.67. The number of nitrogens with one attached hydrogen (secondary N) is 1. The van der Waals surface area contributed by atoms with Gasteiger partial charge in [-0.15, -0.1) is 0 Å². The smallest absolute Gasteiger partial charge is 0.303 e. The molecule has 0 heterocycles. The summed E-state index contributed by atoms with van der Waals surface area (Å²) in [4.78, 5) is 22.0. The predicted octanol–water partition coefficient (Wildman–Crippen LogP) is 2.62. The molecule has 104 valence electrons. The number of phenolic OH excluding ortho intramolecular Hbond substituents is 1. The van der Waals surface area contributed by atoms with Crippen LogP contribution in [0.3, 0.4) is 0 Å². The minimum atomic E-state index is -1.00. The topological polar surface area (TPSA) is 86.6 Å². The second-order valence-corrected chi connectivity index (χ2v) is 4.65. The van der Waals surface area contributed by atoms with Crippen molar-refractivity contribution in [3.8, 4) is 5.75 Å². The lowest BCUT2D eigenvalue weighted by Gasteiger charge is -2.10. The molecule has 19 heavy (non-hydrogen) atoms. The normalized spacial score (nSPS) is 11.9. The summed E-state index contributed by atoms with van der Waals surface area (Å²) in [6, 6.07) is 1.88. The monoisotopic (exact) mass is 289 g/mol. The number of phenols is 1. The zero-order chi connectivity index (χ0) is 14.6. The van der Waals surface area contributed by atoms with E-state index in [1.165, 1.54) is 0 Å². The van der Waals surface area contributed by atoms with Gasteiger partial charge in [-0.25, -0.2) is 4.39 Å². The molecule has 7 heteroatoms. The molecule has 3 N–H and O–H groups in total. The van der Waals surface area contributed by atoms with Gasteiger partial charge in [0.05, 0.1) is 10.7 Å². The van der Waals surface area contributed by atoms with Crippen LogP contribution in [-0.4, -0.2) is 22.1 Å². The second-order valence-electron chi connectivity index (χ2n) is 4.24. The highest BCUT2D eigenvalue weighted by Gasteiger charge is 2.15. The van der Waals surface area contributed by atoms with E-state index in [9.17, 15) is 19.1 Å². The van der Waals surface area contributed by atoms with Gasteiger partial charge in [0.1, 0.15) is 11.6 Å². The van der Waals surface area contributed by atoms with E-state index in [-0.39, 0.29) is 35.2 Å². The standard InChI is InChI=1S/C12H13ClFNO4/c1-6(3-12(18)19)2-11(17)15-9-5-10(16)7(13)4-8(9)14/h4-6,16H,2-3H2,1H3,(H,15,17)(H,18,19). The Morgan fingerprint density at radius 2 is 2.05 bits per heavy atom. The van der Waals surface area contributed by atoms with Crippen molar-refractivity contribution in [3.05, 3.63) is 23.0 Å². The third-order valence-corrected chi connectivity index (χ3v) is 2.67. The molecule has 0 radical (unpaired) electrons. The van der Waals surface area contributed by atoms with E-state index in [4.69, 9.17) is 16.7 Å². The van der Waals surface area contributed by atoms with Crippen molar-refractivity contribution in [3.63, 3.8) is 0 Å².